The van der Waals surface area contributed by atoms with Gasteiger partial charge in [-0.25, -0.2) is 0 Å². The average Bonchev–Trinajstić information content (AvgIpc) is 2.65. The van der Waals surface area contributed by atoms with E-state index in [1.807, 2.05) is 0 Å². The van der Waals surface area contributed by atoms with Crippen molar-refractivity contribution in [3.05, 3.63) is 0 Å². The Hall–Kier alpha value is -0.843. The highest BCUT2D eigenvalue weighted by atomic mass is 28.4. The lowest BCUT2D eigenvalue weighted by Gasteiger charge is -2.22. The van der Waals surface area contributed by atoms with Crippen molar-refractivity contribution in [2.24, 2.45) is 0 Å². The first-order valence-corrected chi connectivity index (χ1v) is 15.2. The van der Waals surface area contributed by atoms with E-state index in [-0.39, 0.29) is 11.9 Å². The maximum absolute atomic E-state index is 12.0. The predicted octanol–water partition coefficient (Wildman–Crippen LogP) is 7.84. The van der Waals surface area contributed by atoms with E-state index in [4.69, 9.17) is 8.85 Å². The molecule has 0 amide bonds. The first-order chi connectivity index (χ1) is 13.9. The Bertz CT molecular complexity index is 374. The van der Waals surface area contributed by atoms with Crippen molar-refractivity contribution < 1.29 is 18.4 Å². The van der Waals surface area contributed by atoms with E-state index in [1.54, 1.807) is 13.1 Å². The molecular formula is C24H48O4Si. The van der Waals surface area contributed by atoms with Gasteiger partial charge in [-0.2, -0.15) is 0 Å². The summed E-state index contributed by atoms with van der Waals surface area (Å²) < 4.78 is 11.0. The van der Waals surface area contributed by atoms with Gasteiger partial charge in [0, 0.05) is 25.9 Å². The van der Waals surface area contributed by atoms with Crippen LogP contribution in [0.1, 0.15) is 129 Å². The monoisotopic (exact) mass is 428 g/mol. The molecule has 0 radical (unpaired) electrons. The van der Waals surface area contributed by atoms with Gasteiger partial charge in [-0.3, -0.25) is 9.59 Å². The molecule has 0 rings (SSSR count). The largest absolute Gasteiger partial charge is 0.485 e. The first kappa shape index (κ1) is 28.2. The Kier molecular flexibility index (Phi) is 18.6. The SMILES string of the molecule is CCCCCCCCCCC(=O)O[Si](C)(C)OC(=O)CCCCCCCCCC. The van der Waals surface area contributed by atoms with Crippen LogP contribution in [-0.2, 0) is 18.4 Å². The summed E-state index contributed by atoms with van der Waals surface area (Å²) in [5.74, 6) is -0.431. The fourth-order valence-electron chi connectivity index (χ4n) is 3.48. The third-order valence-corrected chi connectivity index (χ3v) is 6.63. The van der Waals surface area contributed by atoms with Gasteiger partial charge < -0.3 is 8.85 Å². The maximum atomic E-state index is 12.0. The Balaban J connectivity index is 3.70. The van der Waals surface area contributed by atoms with E-state index >= 15 is 0 Å². The molecule has 172 valence electrons. The lowest BCUT2D eigenvalue weighted by Crippen LogP contribution is -2.39. The van der Waals surface area contributed by atoms with E-state index in [1.165, 1.54) is 77.0 Å². The fourth-order valence-corrected chi connectivity index (χ4v) is 4.82. The van der Waals surface area contributed by atoms with Gasteiger partial charge in [0.15, 0.2) is 0 Å². The van der Waals surface area contributed by atoms with Crippen LogP contribution >= 0.6 is 0 Å². The molecule has 0 saturated carbocycles. The second-order valence-corrected chi connectivity index (χ2v) is 12.0. The highest BCUT2D eigenvalue weighted by Crippen LogP contribution is 2.15. The molecule has 0 heterocycles. The standard InChI is InChI=1S/C24H48O4Si/c1-5-7-9-11-13-15-17-19-21-23(25)27-29(3,4)28-24(26)22-20-18-16-14-12-10-8-6-2/h5-22H2,1-4H3. The molecule has 0 bridgehead atoms. The van der Waals surface area contributed by atoms with Crippen molar-refractivity contribution in [3.8, 4) is 0 Å². The van der Waals surface area contributed by atoms with Crippen LogP contribution in [0.25, 0.3) is 0 Å². The smallest absolute Gasteiger partial charge is 0.457 e. The van der Waals surface area contributed by atoms with Crippen molar-refractivity contribution in [1.29, 1.82) is 0 Å². The van der Waals surface area contributed by atoms with Gasteiger partial charge in [-0.15, -0.1) is 0 Å². The van der Waals surface area contributed by atoms with E-state index in [9.17, 15) is 9.59 Å². The molecule has 0 aliphatic heterocycles. The molecular weight excluding hydrogens is 380 g/mol. The molecule has 0 saturated heterocycles. The zero-order valence-electron chi connectivity index (χ0n) is 19.9. The Morgan fingerprint density at radius 3 is 1.10 bits per heavy atom. The lowest BCUT2D eigenvalue weighted by atomic mass is 10.1. The minimum absolute atomic E-state index is 0.215. The van der Waals surface area contributed by atoms with Gasteiger partial charge in [-0.1, -0.05) is 104 Å². The molecule has 0 N–H and O–H groups in total. The van der Waals surface area contributed by atoms with Gasteiger partial charge >= 0.3 is 8.56 Å². The molecule has 0 unspecified atom stereocenters. The highest BCUT2D eigenvalue weighted by Gasteiger charge is 2.33. The van der Waals surface area contributed by atoms with Crippen molar-refractivity contribution in [2.45, 2.75) is 143 Å². The number of unbranched alkanes of at least 4 members (excludes halogenated alkanes) is 14. The highest BCUT2D eigenvalue weighted by molar-refractivity contribution is 6.67. The quantitative estimate of drug-likeness (QED) is 0.146. The molecule has 29 heavy (non-hydrogen) atoms. The van der Waals surface area contributed by atoms with Gasteiger partial charge in [-0.05, 0) is 12.8 Å². The summed E-state index contributed by atoms with van der Waals surface area (Å²) in [5.41, 5.74) is 0. The molecule has 0 atom stereocenters. The summed E-state index contributed by atoms with van der Waals surface area (Å²) in [6, 6.07) is 0. The van der Waals surface area contributed by atoms with Crippen molar-refractivity contribution in [3.63, 3.8) is 0 Å². The summed E-state index contributed by atoms with van der Waals surface area (Å²) in [6.45, 7) is 8.02. The van der Waals surface area contributed by atoms with Gasteiger partial charge in [0.2, 0.25) is 0 Å². The van der Waals surface area contributed by atoms with Gasteiger partial charge in [0.25, 0.3) is 11.9 Å². The topological polar surface area (TPSA) is 52.6 Å². The molecule has 5 heteroatoms. The summed E-state index contributed by atoms with van der Waals surface area (Å²) in [7, 11) is -2.71. The maximum Gasteiger partial charge on any atom is 0.457 e. The van der Waals surface area contributed by atoms with Crippen molar-refractivity contribution >= 4 is 20.5 Å². The molecule has 4 nitrogen and oxygen atoms in total. The van der Waals surface area contributed by atoms with Gasteiger partial charge in [0.1, 0.15) is 0 Å². The van der Waals surface area contributed by atoms with E-state index in [2.05, 4.69) is 13.8 Å². The number of carbonyl (C=O) groups is 2. The molecule has 0 aromatic heterocycles. The first-order valence-electron chi connectivity index (χ1n) is 12.3. The summed E-state index contributed by atoms with van der Waals surface area (Å²) >= 11 is 0. The number of rotatable bonds is 20. The molecule has 0 fully saturated rings. The Morgan fingerprint density at radius 2 is 0.793 bits per heavy atom. The van der Waals surface area contributed by atoms with Crippen LogP contribution in [0.4, 0.5) is 0 Å². The third-order valence-electron chi connectivity index (χ3n) is 5.19. The van der Waals surface area contributed by atoms with Crippen LogP contribution in [0.2, 0.25) is 13.1 Å². The zero-order valence-corrected chi connectivity index (χ0v) is 20.9. The predicted molar refractivity (Wildman–Crippen MR) is 124 cm³/mol. The van der Waals surface area contributed by atoms with Crippen molar-refractivity contribution in [2.75, 3.05) is 0 Å². The molecule has 0 spiro atoms. The van der Waals surface area contributed by atoms with Crippen LogP contribution in [0.3, 0.4) is 0 Å². The summed E-state index contributed by atoms with van der Waals surface area (Å²) in [4.78, 5) is 24.1. The summed E-state index contributed by atoms with van der Waals surface area (Å²) in [5, 5.41) is 0. The molecule has 0 aromatic rings. The van der Waals surface area contributed by atoms with Gasteiger partial charge in [0.05, 0.1) is 0 Å². The zero-order chi connectivity index (χ0) is 21.8. The summed E-state index contributed by atoms with van der Waals surface area (Å²) in [6.07, 6.45) is 20.1. The molecule has 0 aliphatic rings. The Morgan fingerprint density at radius 1 is 0.517 bits per heavy atom. The van der Waals surface area contributed by atoms with Crippen LogP contribution in [0.15, 0.2) is 0 Å². The van der Waals surface area contributed by atoms with E-state index in [0.29, 0.717) is 12.8 Å². The molecule has 0 aliphatic carbocycles. The number of hydrogen-bond acceptors (Lipinski definition) is 4. The normalized spacial score (nSPS) is 11.4. The number of hydrogen-bond donors (Lipinski definition) is 0. The second kappa shape index (κ2) is 19.1. The minimum Gasteiger partial charge on any atom is -0.485 e. The second-order valence-electron chi connectivity index (χ2n) is 8.80. The Labute approximate surface area is 181 Å². The van der Waals surface area contributed by atoms with Crippen LogP contribution in [-0.4, -0.2) is 20.5 Å². The number of carbonyl (C=O) groups excluding carboxylic acids is 2. The third kappa shape index (κ3) is 20.2. The minimum atomic E-state index is -2.71. The van der Waals surface area contributed by atoms with Crippen LogP contribution in [0.5, 0.6) is 0 Å². The van der Waals surface area contributed by atoms with E-state index in [0.717, 1.165) is 25.7 Å². The van der Waals surface area contributed by atoms with Crippen molar-refractivity contribution in [1.82, 2.24) is 0 Å². The fraction of sp³-hybridized carbons (Fsp3) is 0.917. The lowest BCUT2D eigenvalue weighted by molar-refractivity contribution is -0.141. The van der Waals surface area contributed by atoms with E-state index < -0.39 is 8.56 Å². The van der Waals surface area contributed by atoms with Crippen LogP contribution < -0.4 is 0 Å². The van der Waals surface area contributed by atoms with Crippen LogP contribution in [0, 0.1) is 0 Å². The average molecular weight is 429 g/mol. The molecule has 0 aromatic carbocycles.